The monoisotopic (exact) mass is 173 g/mol. The van der Waals surface area contributed by atoms with Crippen LogP contribution < -0.4 is 5.32 Å². The minimum absolute atomic E-state index is 1.00. The number of hydrogen-bond donors (Lipinski definition) is 2. The fourth-order valence-corrected chi connectivity index (χ4v) is 0.802. The first-order valence-electron chi connectivity index (χ1n) is 3.78. The number of carbonyl (C=O) groups excluding carboxylic acids is 1. The lowest BCUT2D eigenvalue weighted by Crippen LogP contribution is -2.21. The summed E-state index contributed by atoms with van der Waals surface area (Å²) in [6.07, 6.45) is 12.2. The molecule has 0 saturated carbocycles. The maximum absolute atomic E-state index is 8.00. The molecule has 0 aromatic rings. The number of nitrogens with one attached hydrogen (secondary N) is 1. The molecule has 0 aromatic heterocycles. The first-order chi connectivity index (χ1) is 6.00. The van der Waals surface area contributed by atoms with E-state index in [-0.39, 0.29) is 0 Å². The van der Waals surface area contributed by atoms with E-state index >= 15 is 0 Å². The van der Waals surface area contributed by atoms with Crippen LogP contribution in [0.15, 0.2) is 0 Å². The highest BCUT2D eigenvalue weighted by molar-refractivity contribution is 5.10. The van der Waals surface area contributed by atoms with Gasteiger partial charge in [0.2, 0.25) is 0 Å². The quantitative estimate of drug-likeness (QED) is 0.522. The van der Waals surface area contributed by atoms with Gasteiger partial charge in [0.05, 0.1) is 0 Å². The van der Waals surface area contributed by atoms with Crippen molar-refractivity contribution in [3.05, 3.63) is 0 Å². The molecule has 0 spiro atoms. The van der Waals surface area contributed by atoms with Gasteiger partial charge >= 0.3 is 0 Å². The molecular formula is C9H19NO2. The van der Waals surface area contributed by atoms with Crippen LogP contribution in [-0.2, 0) is 4.79 Å². The van der Waals surface area contributed by atoms with Crippen LogP contribution in [0.5, 0.6) is 0 Å². The van der Waals surface area contributed by atoms with E-state index in [0.29, 0.717) is 0 Å². The lowest BCUT2D eigenvalue weighted by atomic mass is 10.2. The second kappa shape index (κ2) is 32.0. The lowest BCUT2D eigenvalue weighted by Gasteiger charge is -2.08. The highest BCUT2D eigenvalue weighted by Gasteiger charge is 1.93. The van der Waals surface area contributed by atoms with E-state index in [1.807, 2.05) is 6.79 Å². The smallest absolute Gasteiger partial charge is 0.106 e. The lowest BCUT2D eigenvalue weighted by molar-refractivity contribution is -0.0979. The minimum atomic E-state index is 1.00. The second-order valence-corrected chi connectivity index (χ2v) is 1.81. The Hall–Kier alpha value is -0.850. The zero-order chi connectivity index (χ0) is 10.2. The topological polar surface area (TPSA) is 49.3 Å². The summed E-state index contributed by atoms with van der Waals surface area (Å²) in [6.45, 7) is 4.50. The van der Waals surface area contributed by atoms with Gasteiger partial charge in [-0.3, -0.25) is 0 Å². The second-order valence-electron chi connectivity index (χ2n) is 1.81. The van der Waals surface area contributed by atoms with E-state index in [4.69, 9.17) is 9.90 Å². The molecule has 0 bridgehead atoms. The van der Waals surface area contributed by atoms with E-state index in [1.54, 1.807) is 0 Å². The fraction of sp³-hybridized carbons (Fsp3) is 0.667. The van der Waals surface area contributed by atoms with Crippen molar-refractivity contribution >= 4 is 6.79 Å². The summed E-state index contributed by atoms with van der Waals surface area (Å²) in [5.74, 6) is 0. The minimum Gasteiger partial charge on any atom is -0.400 e. The molecule has 1 saturated heterocycles. The Morgan fingerprint density at radius 2 is 1.42 bits per heavy atom. The van der Waals surface area contributed by atoms with Crippen molar-refractivity contribution in [1.82, 2.24) is 5.32 Å². The van der Waals surface area contributed by atoms with Crippen molar-refractivity contribution in [1.29, 1.82) is 0 Å². The molecule has 72 valence electrons. The Balaban J connectivity index is -0.000000117. The SMILES string of the molecule is C#C.C1CCNCC1.C=O.CO. The number of rotatable bonds is 0. The molecule has 1 heterocycles. The van der Waals surface area contributed by atoms with E-state index in [0.717, 1.165) is 7.11 Å². The predicted molar refractivity (Wildman–Crippen MR) is 51.9 cm³/mol. The Bertz CT molecular complexity index is 58.7. The molecular weight excluding hydrogens is 154 g/mol. The van der Waals surface area contributed by atoms with Crippen LogP contribution in [0.1, 0.15) is 19.3 Å². The van der Waals surface area contributed by atoms with Gasteiger partial charge in [-0.25, -0.2) is 0 Å². The van der Waals surface area contributed by atoms with Crippen molar-refractivity contribution in [2.75, 3.05) is 20.2 Å². The number of aliphatic hydroxyl groups excluding tert-OH is 1. The molecule has 1 rings (SSSR count). The van der Waals surface area contributed by atoms with E-state index in [2.05, 4.69) is 18.2 Å². The van der Waals surface area contributed by atoms with Gasteiger partial charge in [0.15, 0.2) is 0 Å². The summed E-state index contributed by atoms with van der Waals surface area (Å²) in [6, 6.07) is 0. The molecule has 1 fully saturated rings. The van der Waals surface area contributed by atoms with Crippen LogP contribution in [0.3, 0.4) is 0 Å². The van der Waals surface area contributed by atoms with E-state index < -0.39 is 0 Å². The van der Waals surface area contributed by atoms with Gasteiger partial charge < -0.3 is 15.2 Å². The average Bonchev–Trinajstić information content (AvgIpc) is 2.29. The molecule has 2 N–H and O–H groups in total. The molecule has 0 atom stereocenters. The van der Waals surface area contributed by atoms with Gasteiger partial charge in [0.25, 0.3) is 0 Å². The van der Waals surface area contributed by atoms with Gasteiger partial charge in [0, 0.05) is 7.11 Å². The van der Waals surface area contributed by atoms with Crippen LogP contribution in [0.2, 0.25) is 0 Å². The van der Waals surface area contributed by atoms with Crippen LogP contribution in [0.4, 0.5) is 0 Å². The van der Waals surface area contributed by atoms with Crippen LogP contribution >= 0.6 is 0 Å². The molecule has 0 amide bonds. The van der Waals surface area contributed by atoms with Gasteiger partial charge in [0.1, 0.15) is 6.79 Å². The van der Waals surface area contributed by atoms with E-state index in [1.165, 1.54) is 32.4 Å². The normalized spacial score (nSPS) is 13.0. The molecule has 0 radical (unpaired) electrons. The van der Waals surface area contributed by atoms with Gasteiger partial charge in [-0.2, -0.15) is 0 Å². The van der Waals surface area contributed by atoms with Crippen molar-refractivity contribution in [3.8, 4) is 12.8 Å². The standard InChI is InChI=1S/C5H11N.C2H2.CH4O.CH2O/c1-2-4-6-5-3-1;3*1-2/h6H,1-5H2;1-2H;2H,1H3;1H2. The number of carbonyl (C=O) groups is 1. The molecule has 12 heavy (non-hydrogen) atoms. The van der Waals surface area contributed by atoms with Gasteiger partial charge in [-0.05, 0) is 25.9 Å². The summed E-state index contributed by atoms with van der Waals surface area (Å²) < 4.78 is 0. The number of aliphatic hydroxyl groups is 1. The Kier molecular flexibility index (Phi) is 46.2. The van der Waals surface area contributed by atoms with Crippen molar-refractivity contribution in [3.63, 3.8) is 0 Å². The summed E-state index contributed by atoms with van der Waals surface area (Å²) in [5.41, 5.74) is 0. The zero-order valence-electron chi connectivity index (χ0n) is 7.75. The summed E-state index contributed by atoms with van der Waals surface area (Å²) in [4.78, 5) is 8.00. The number of piperidine rings is 1. The van der Waals surface area contributed by atoms with Crippen molar-refractivity contribution < 1.29 is 9.90 Å². The van der Waals surface area contributed by atoms with Crippen LogP contribution in [0, 0.1) is 12.8 Å². The highest BCUT2D eigenvalue weighted by Crippen LogP contribution is 1.96. The Labute approximate surface area is 75.2 Å². The summed E-state index contributed by atoms with van der Waals surface area (Å²) >= 11 is 0. The first kappa shape index (κ1) is 17.3. The average molecular weight is 173 g/mol. The number of hydrogen-bond acceptors (Lipinski definition) is 3. The van der Waals surface area contributed by atoms with Gasteiger partial charge in [-0.15, -0.1) is 12.8 Å². The third-order valence-electron chi connectivity index (χ3n) is 1.21. The first-order valence-corrected chi connectivity index (χ1v) is 3.78. The van der Waals surface area contributed by atoms with Crippen molar-refractivity contribution in [2.45, 2.75) is 19.3 Å². The highest BCUT2D eigenvalue weighted by atomic mass is 16.2. The summed E-state index contributed by atoms with van der Waals surface area (Å²) in [5, 5.41) is 10.3. The van der Waals surface area contributed by atoms with Crippen molar-refractivity contribution in [2.24, 2.45) is 0 Å². The fourth-order valence-electron chi connectivity index (χ4n) is 0.802. The van der Waals surface area contributed by atoms with E-state index in [9.17, 15) is 0 Å². The molecule has 0 aliphatic carbocycles. The molecule has 0 unspecified atom stereocenters. The zero-order valence-corrected chi connectivity index (χ0v) is 7.75. The molecule has 3 heteroatoms. The molecule has 0 aromatic carbocycles. The molecule has 1 aliphatic rings. The predicted octanol–water partition coefficient (Wildman–Crippen LogP) is 0.433. The number of terminal acetylenes is 1. The molecule has 1 aliphatic heterocycles. The van der Waals surface area contributed by atoms with Gasteiger partial charge in [-0.1, -0.05) is 6.42 Å². The third kappa shape index (κ3) is 22.9. The molecule has 3 nitrogen and oxygen atoms in total. The summed E-state index contributed by atoms with van der Waals surface area (Å²) in [7, 11) is 1.00. The van der Waals surface area contributed by atoms with Crippen LogP contribution in [-0.4, -0.2) is 32.1 Å². The maximum atomic E-state index is 8.00. The Morgan fingerprint density at radius 3 is 1.50 bits per heavy atom. The Morgan fingerprint density at radius 1 is 1.08 bits per heavy atom. The third-order valence-corrected chi connectivity index (χ3v) is 1.21. The maximum Gasteiger partial charge on any atom is 0.106 e. The largest absolute Gasteiger partial charge is 0.400 e. The van der Waals surface area contributed by atoms with Crippen LogP contribution in [0.25, 0.3) is 0 Å².